The molecule has 1 fully saturated rings. The van der Waals surface area contributed by atoms with Crippen molar-refractivity contribution in [2.24, 2.45) is 5.41 Å². The predicted octanol–water partition coefficient (Wildman–Crippen LogP) is 2.28. The minimum absolute atomic E-state index is 0.0227. The van der Waals surface area contributed by atoms with Crippen LogP contribution in [-0.4, -0.2) is 24.9 Å². The van der Waals surface area contributed by atoms with E-state index < -0.39 is 0 Å². The first-order valence-electron chi connectivity index (χ1n) is 7.37. The number of benzene rings is 1. The SMILES string of the molecule is CCC(=O)Nc1ccc(C)c(NC(=O)C2(C)CCNC2)c1. The molecule has 0 aromatic heterocycles. The fourth-order valence-corrected chi connectivity index (χ4v) is 2.37. The second-order valence-corrected chi connectivity index (χ2v) is 5.87. The Labute approximate surface area is 125 Å². The normalized spacial score (nSPS) is 21.1. The van der Waals surface area contributed by atoms with Gasteiger partial charge in [-0.25, -0.2) is 0 Å². The fourth-order valence-electron chi connectivity index (χ4n) is 2.37. The van der Waals surface area contributed by atoms with Gasteiger partial charge in [0, 0.05) is 24.3 Å². The van der Waals surface area contributed by atoms with E-state index >= 15 is 0 Å². The summed E-state index contributed by atoms with van der Waals surface area (Å²) < 4.78 is 0. The van der Waals surface area contributed by atoms with Gasteiger partial charge in [0.1, 0.15) is 0 Å². The Hall–Kier alpha value is -1.88. The van der Waals surface area contributed by atoms with Gasteiger partial charge >= 0.3 is 0 Å². The predicted molar refractivity (Wildman–Crippen MR) is 84.3 cm³/mol. The molecule has 5 heteroatoms. The lowest BCUT2D eigenvalue weighted by molar-refractivity contribution is -0.123. The van der Waals surface area contributed by atoms with Crippen LogP contribution in [0, 0.1) is 12.3 Å². The number of amides is 2. The van der Waals surface area contributed by atoms with Crippen molar-refractivity contribution < 1.29 is 9.59 Å². The van der Waals surface area contributed by atoms with Gasteiger partial charge in [0.2, 0.25) is 11.8 Å². The Balaban J connectivity index is 2.13. The zero-order chi connectivity index (χ0) is 15.5. The summed E-state index contributed by atoms with van der Waals surface area (Å²) in [5.74, 6) is -0.0161. The third-order valence-corrected chi connectivity index (χ3v) is 4.01. The summed E-state index contributed by atoms with van der Waals surface area (Å²) in [5.41, 5.74) is 2.07. The largest absolute Gasteiger partial charge is 0.326 e. The highest BCUT2D eigenvalue weighted by Crippen LogP contribution is 2.28. The fraction of sp³-hybridized carbons (Fsp3) is 0.500. The summed E-state index contributed by atoms with van der Waals surface area (Å²) in [4.78, 5) is 23.9. The smallest absolute Gasteiger partial charge is 0.231 e. The van der Waals surface area contributed by atoms with Gasteiger partial charge in [-0.2, -0.15) is 0 Å². The molecular weight excluding hydrogens is 266 g/mol. The molecule has 3 N–H and O–H groups in total. The molecule has 0 bridgehead atoms. The average Bonchev–Trinajstić information content (AvgIpc) is 2.90. The molecule has 0 spiro atoms. The van der Waals surface area contributed by atoms with Crippen molar-refractivity contribution in [3.8, 4) is 0 Å². The van der Waals surface area contributed by atoms with Crippen molar-refractivity contribution in [3.05, 3.63) is 23.8 Å². The number of nitrogens with one attached hydrogen (secondary N) is 3. The molecule has 1 heterocycles. The van der Waals surface area contributed by atoms with Crippen LogP contribution in [0.15, 0.2) is 18.2 Å². The van der Waals surface area contributed by atoms with E-state index in [1.807, 2.05) is 32.0 Å². The molecule has 5 nitrogen and oxygen atoms in total. The second-order valence-electron chi connectivity index (χ2n) is 5.87. The summed E-state index contributed by atoms with van der Waals surface area (Å²) in [6.45, 7) is 7.29. The van der Waals surface area contributed by atoms with Crippen LogP contribution in [0.3, 0.4) is 0 Å². The Morgan fingerprint density at radius 2 is 2.10 bits per heavy atom. The number of rotatable bonds is 4. The molecule has 1 aliphatic rings. The number of hydrogen-bond acceptors (Lipinski definition) is 3. The van der Waals surface area contributed by atoms with Gasteiger partial charge in [-0.15, -0.1) is 0 Å². The Kier molecular flexibility index (Phi) is 4.63. The average molecular weight is 289 g/mol. The monoisotopic (exact) mass is 289 g/mol. The van der Waals surface area contributed by atoms with Crippen molar-refractivity contribution in [1.29, 1.82) is 0 Å². The molecule has 0 radical (unpaired) electrons. The quantitative estimate of drug-likeness (QED) is 0.796. The molecule has 1 unspecified atom stereocenters. The van der Waals surface area contributed by atoms with Crippen LogP contribution in [-0.2, 0) is 9.59 Å². The molecular formula is C16H23N3O2. The van der Waals surface area contributed by atoms with E-state index in [0.29, 0.717) is 18.7 Å². The number of carbonyl (C=O) groups excluding carboxylic acids is 2. The third-order valence-electron chi connectivity index (χ3n) is 4.01. The van der Waals surface area contributed by atoms with Gasteiger partial charge in [0.25, 0.3) is 0 Å². The standard InChI is InChI=1S/C16H23N3O2/c1-4-14(20)18-12-6-5-11(2)13(9-12)19-15(21)16(3)7-8-17-10-16/h5-6,9,17H,4,7-8,10H2,1-3H3,(H,18,20)(H,19,21). The first-order valence-corrected chi connectivity index (χ1v) is 7.37. The Morgan fingerprint density at radius 1 is 1.33 bits per heavy atom. The number of aryl methyl sites for hydroxylation is 1. The van der Waals surface area contributed by atoms with E-state index in [2.05, 4.69) is 16.0 Å². The maximum atomic E-state index is 12.4. The van der Waals surface area contributed by atoms with Crippen LogP contribution < -0.4 is 16.0 Å². The topological polar surface area (TPSA) is 70.2 Å². The van der Waals surface area contributed by atoms with Gasteiger partial charge in [-0.05, 0) is 44.5 Å². The van der Waals surface area contributed by atoms with Gasteiger partial charge < -0.3 is 16.0 Å². The molecule has 1 saturated heterocycles. The molecule has 1 atom stereocenters. The number of carbonyl (C=O) groups is 2. The van der Waals surface area contributed by atoms with E-state index in [1.165, 1.54) is 0 Å². The van der Waals surface area contributed by atoms with Gasteiger partial charge in [-0.3, -0.25) is 9.59 Å². The number of hydrogen-bond donors (Lipinski definition) is 3. The molecule has 0 saturated carbocycles. The van der Waals surface area contributed by atoms with Crippen LogP contribution in [0.1, 0.15) is 32.3 Å². The van der Waals surface area contributed by atoms with Crippen molar-refractivity contribution in [2.45, 2.75) is 33.6 Å². The molecule has 1 aromatic rings. The lowest BCUT2D eigenvalue weighted by atomic mass is 9.88. The zero-order valence-corrected chi connectivity index (χ0v) is 12.9. The highest BCUT2D eigenvalue weighted by atomic mass is 16.2. The molecule has 1 aromatic carbocycles. The van der Waals surface area contributed by atoms with E-state index in [1.54, 1.807) is 6.92 Å². The maximum absolute atomic E-state index is 12.4. The van der Waals surface area contributed by atoms with Gasteiger partial charge in [-0.1, -0.05) is 13.0 Å². The van der Waals surface area contributed by atoms with Crippen molar-refractivity contribution in [3.63, 3.8) is 0 Å². The van der Waals surface area contributed by atoms with Crippen LogP contribution in [0.2, 0.25) is 0 Å². The van der Waals surface area contributed by atoms with E-state index in [4.69, 9.17) is 0 Å². The lowest BCUT2D eigenvalue weighted by Crippen LogP contribution is -2.35. The molecule has 2 rings (SSSR count). The summed E-state index contributed by atoms with van der Waals surface area (Å²) in [6.07, 6.45) is 1.27. The zero-order valence-electron chi connectivity index (χ0n) is 12.9. The van der Waals surface area contributed by atoms with Crippen molar-refractivity contribution in [2.75, 3.05) is 23.7 Å². The van der Waals surface area contributed by atoms with Crippen LogP contribution in [0.5, 0.6) is 0 Å². The number of anilines is 2. The van der Waals surface area contributed by atoms with Gasteiger partial charge in [0.15, 0.2) is 0 Å². The van der Waals surface area contributed by atoms with E-state index in [0.717, 1.165) is 24.2 Å². The lowest BCUT2D eigenvalue weighted by Gasteiger charge is -2.22. The van der Waals surface area contributed by atoms with Crippen molar-refractivity contribution in [1.82, 2.24) is 5.32 Å². The Bertz CT molecular complexity index is 548. The highest BCUT2D eigenvalue weighted by Gasteiger charge is 2.36. The third kappa shape index (κ3) is 3.61. The highest BCUT2D eigenvalue weighted by molar-refractivity contribution is 5.97. The minimum Gasteiger partial charge on any atom is -0.326 e. The summed E-state index contributed by atoms with van der Waals surface area (Å²) >= 11 is 0. The summed E-state index contributed by atoms with van der Waals surface area (Å²) in [7, 11) is 0. The molecule has 21 heavy (non-hydrogen) atoms. The summed E-state index contributed by atoms with van der Waals surface area (Å²) in [6, 6.07) is 5.56. The Morgan fingerprint density at radius 3 is 2.71 bits per heavy atom. The maximum Gasteiger partial charge on any atom is 0.231 e. The second kappa shape index (κ2) is 6.26. The first-order chi connectivity index (χ1) is 9.94. The van der Waals surface area contributed by atoms with E-state index in [-0.39, 0.29) is 17.2 Å². The van der Waals surface area contributed by atoms with Crippen molar-refractivity contribution >= 4 is 23.2 Å². The molecule has 114 valence electrons. The minimum atomic E-state index is -0.366. The van der Waals surface area contributed by atoms with Crippen LogP contribution in [0.4, 0.5) is 11.4 Å². The van der Waals surface area contributed by atoms with Crippen LogP contribution in [0.25, 0.3) is 0 Å². The molecule has 2 amide bonds. The summed E-state index contributed by atoms with van der Waals surface area (Å²) in [5, 5.41) is 9.02. The van der Waals surface area contributed by atoms with Crippen LogP contribution >= 0.6 is 0 Å². The van der Waals surface area contributed by atoms with E-state index in [9.17, 15) is 9.59 Å². The molecule has 0 aliphatic carbocycles. The molecule has 1 aliphatic heterocycles. The first kappa shape index (κ1) is 15.5. The van der Waals surface area contributed by atoms with Gasteiger partial charge in [0.05, 0.1) is 5.41 Å².